The van der Waals surface area contributed by atoms with Crippen LogP contribution in [0.5, 0.6) is 0 Å². The third kappa shape index (κ3) is 2.15. The van der Waals surface area contributed by atoms with Crippen LogP contribution in [-0.2, 0) is 0 Å². The Labute approximate surface area is 103 Å². The lowest BCUT2D eigenvalue weighted by molar-refractivity contribution is 0.219. The number of aliphatic hydroxyl groups is 1. The second-order valence-corrected chi connectivity index (χ2v) is 4.50. The molecule has 0 spiro atoms. The summed E-state index contributed by atoms with van der Waals surface area (Å²) in [6.07, 6.45) is 2.76. The predicted molar refractivity (Wildman–Crippen MR) is 67.2 cm³/mol. The van der Waals surface area contributed by atoms with Gasteiger partial charge in [0, 0.05) is 22.4 Å². The topological polar surface area (TPSA) is 33.1 Å². The Morgan fingerprint density at radius 3 is 2.75 bits per heavy atom. The molecule has 0 fully saturated rings. The molecule has 0 saturated heterocycles. The van der Waals surface area contributed by atoms with Gasteiger partial charge in [0.1, 0.15) is 6.10 Å². The molecule has 0 aliphatic carbocycles. The highest BCUT2D eigenvalue weighted by atomic mass is 79.9. The van der Waals surface area contributed by atoms with Crippen LogP contribution in [0.1, 0.15) is 22.8 Å². The number of aliphatic hydroxyl groups excluding tert-OH is 1. The van der Waals surface area contributed by atoms with Gasteiger partial charge >= 0.3 is 0 Å². The smallest absolute Gasteiger partial charge is 0.106 e. The van der Waals surface area contributed by atoms with E-state index in [0.717, 1.165) is 21.2 Å². The third-order valence-corrected chi connectivity index (χ3v) is 3.46. The predicted octanol–water partition coefficient (Wildman–Crippen LogP) is 3.23. The van der Waals surface area contributed by atoms with Crippen molar-refractivity contribution >= 4 is 15.9 Å². The lowest BCUT2D eigenvalue weighted by atomic mass is 9.99. The molecular formula is C13H12BrNO. The maximum absolute atomic E-state index is 10.2. The number of hydrogen-bond acceptors (Lipinski definition) is 2. The largest absolute Gasteiger partial charge is 0.384 e. The van der Waals surface area contributed by atoms with Crippen molar-refractivity contribution in [3.63, 3.8) is 0 Å². The normalized spacial score (nSPS) is 12.4. The van der Waals surface area contributed by atoms with Crippen LogP contribution >= 0.6 is 15.9 Å². The Morgan fingerprint density at radius 1 is 1.25 bits per heavy atom. The van der Waals surface area contributed by atoms with Crippen molar-refractivity contribution in [2.45, 2.75) is 13.0 Å². The molecule has 2 aromatic rings. The van der Waals surface area contributed by atoms with Crippen molar-refractivity contribution < 1.29 is 5.11 Å². The zero-order chi connectivity index (χ0) is 11.5. The molecule has 1 N–H and O–H groups in total. The minimum Gasteiger partial charge on any atom is -0.384 e. The van der Waals surface area contributed by atoms with Gasteiger partial charge in [-0.05, 0) is 30.2 Å². The molecule has 0 radical (unpaired) electrons. The number of hydrogen-bond donors (Lipinski definition) is 1. The molecule has 1 heterocycles. The average molecular weight is 278 g/mol. The van der Waals surface area contributed by atoms with Crippen molar-refractivity contribution in [3.05, 3.63) is 63.9 Å². The molecule has 0 bridgehead atoms. The monoisotopic (exact) mass is 277 g/mol. The number of rotatable bonds is 2. The number of benzene rings is 1. The van der Waals surface area contributed by atoms with E-state index in [1.54, 1.807) is 12.4 Å². The van der Waals surface area contributed by atoms with E-state index in [1.807, 2.05) is 37.3 Å². The van der Waals surface area contributed by atoms with Crippen LogP contribution in [0, 0.1) is 6.92 Å². The van der Waals surface area contributed by atoms with Gasteiger partial charge in [0.15, 0.2) is 0 Å². The van der Waals surface area contributed by atoms with Gasteiger partial charge in [0.05, 0.1) is 0 Å². The summed E-state index contributed by atoms with van der Waals surface area (Å²) in [5.74, 6) is 0. The fraction of sp³-hybridized carbons (Fsp3) is 0.154. The molecule has 1 aromatic carbocycles. The van der Waals surface area contributed by atoms with Crippen LogP contribution < -0.4 is 0 Å². The van der Waals surface area contributed by atoms with Gasteiger partial charge in [-0.1, -0.05) is 34.1 Å². The van der Waals surface area contributed by atoms with Gasteiger partial charge in [0.2, 0.25) is 0 Å². The minimum absolute atomic E-state index is 0.619. The molecule has 16 heavy (non-hydrogen) atoms. The van der Waals surface area contributed by atoms with E-state index in [1.165, 1.54) is 0 Å². The van der Waals surface area contributed by atoms with Crippen molar-refractivity contribution in [2.75, 3.05) is 0 Å². The molecule has 82 valence electrons. The van der Waals surface area contributed by atoms with Crippen molar-refractivity contribution in [1.29, 1.82) is 0 Å². The van der Waals surface area contributed by atoms with E-state index >= 15 is 0 Å². The zero-order valence-corrected chi connectivity index (χ0v) is 10.5. The van der Waals surface area contributed by atoms with Crippen LogP contribution in [0.4, 0.5) is 0 Å². The van der Waals surface area contributed by atoms with Crippen molar-refractivity contribution in [1.82, 2.24) is 4.98 Å². The van der Waals surface area contributed by atoms with E-state index < -0.39 is 6.10 Å². The van der Waals surface area contributed by atoms with Gasteiger partial charge in [0.25, 0.3) is 0 Å². The Bertz CT molecular complexity index is 485. The number of pyridine rings is 1. The van der Waals surface area contributed by atoms with Crippen LogP contribution in [0.3, 0.4) is 0 Å². The minimum atomic E-state index is -0.619. The highest BCUT2D eigenvalue weighted by molar-refractivity contribution is 9.10. The van der Waals surface area contributed by atoms with Crippen LogP contribution in [0.2, 0.25) is 0 Å². The molecule has 1 aromatic heterocycles. The average Bonchev–Trinajstić information content (AvgIpc) is 2.33. The SMILES string of the molecule is Cc1c(Br)cccc1C(O)c1cccnc1. The third-order valence-electron chi connectivity index (χ3n) is 2.60. The van der Waals surface area contributed by atoms with E-state index in [0.29, 0.717) is 0 Å². The molecule has 0 saturated carbocycles. The molecule has 0 aliphatic heterocycles. The quantitative estimate of drug-likeness (QED) is 0.914. The molecule has 0 aliphatic rings. The highest BCUT2D eigenvalue weighted by Crippen LogP contribution is 2.28. The van der Waals surface area contributed by atoms with Crippen molar-refractivity contribution in [2.24, 2.45) is 0 Å². The van der Waals surface area contributed by atoms with E-state index in [2.05, 4.69) is 20.9 Å². The molecule has 2 rings (SSSR count). The molecule has 1 unspecified atom stereocenters. The standard InChI is InChI=1S/C13H12BrNO/c1-9-11(5-2-6-12(9)14)13(16)10-4-3-7-15-8-10/h2-8,13,16H,1H3. The summed E-state index contributed by atoms with van der Waals surface area (Å²) in [7, 11) is 0. The Kier molecular flexibility index (Phi) is 3.36. The van der Waals surface area contributed by atoms with Crippen LogP contribution in [0.25, 0.3) is 0 Å². The maximum atomic E-state index is 10.2. The first-order valence-corrected chi connectivity index (χ1v) is 5.82. The van der Waals surface area contributed by atoms with Crippen molar-refractivity contribution in [3.8, 4) is 0 Å². The van der Waals surface area contributed by atoms with E-state index in [9.17, 15) is 5.11 Å². The summed E-state index contributed by atoms with van der Waals surface area (Å²) in [4.78, 5) is 4.01. The Morgan fingerprint density at radius 2 is 2.06 bits per heavy atom. The van der Waals surface area contributed by atoms with Crippen LogP contribution in [0.15, 0.2) is 47.2 Å². The molecular weight excluding hydrogens is 266 g/mol. The summed E-state index contributed by atoms with van der Waals surface area (Å²) in [6.45, 7) is 1.99. The first-order chi connectivity index (χ1) is 7.70. The summed E-state index contributed by atoms with van der Waals surface area (Å²) in [5, 5.41) is 10.2. The lowest BCUT2D eigenvalue weighted by Gasteiger charge is -2.14. The summed E-state index contributed by atoms with van der Waals surface area (Å²) in [5.41, 5.74) is 2.77. The van der Waals surface area contributed by atoms with Gasteiger partial charge in [-0.3, -0.25) is 4.98 Å². The first-order valence-electron chi connectivity index (χ1n) is 5.03. The number of halogens is 1. The molecule has 0 amide bonds. The summed E-state index contributed by atoms with van der Waals surface area (Å²) < 4.78 is 1.01. The second-order valence-electron chi connectivity index (χ2n) is 3.64. The van der Waals surface area contributed by atoms with Crippen LogP contribution in [-0.4, -0.2) is 10.1 Å². The molecule has 2 nitrogen and oxygen atoms in total. The van der Waals surface area contributed by atoms with Gasteiger partial charge in [-0.25, -0.2) is 0 Å². The zero-order valence-electron chi connectivity index (χ0n) is 8.89. The molecule has 3 heteroatoms. The lowest BCUT2D eigenvalue weighted by Crippen LogP contribution is -2.02. The summed E-state index contributed by atoms with van der Waals surface area (Å²) in [6, 6.07) is 9.52. The molecule has 1 atom stereocenters. The van der Waals surface area contributed by atoms with Gasteiger partial charge in [-0.2, -0.15) is 0 Å². The Balaban J connectivity index is 2.42. The van der Waals surface area contributed by atoms with Gasteiger partial charge < -0.3 is 5.11 Å². The van der Waals surface area contributed by atoms with E-state index in [-0.39, 0.29) is 0 Å². The first kappa shape index (κ1) is 11.3. The van der Waals surface area contributed by atoms with Gasteiger partial charge in [-0.15, -0.1) is 0 Å². The maximum Gasteiger partial charge on any atom is 0.106 e. The number of nitrogens with zero attached hydrogens (tertiary/aromatic N) is 1. The second kappa shape index (κ2) is 4.76. The highest BCUT2D eigenvalue weighted by Gasteiger charge is 2.13. The summed E-state index contributed by atoms with van der Waals surface area (Å²) >= 11 is 3.46. The fourth-order valence-corrected chi connectivity index (χ4v) is 2.02. The van der Waals surface area contributed by atoms with E-state index in [4.69, 9.17) is 0 Å². The fourth-order valence-electron chi connectivity index (χ4n) is 1.64. The number of aromatic nitrogens is 1. The Hall–Kier alpha value is -1.19.